The quantitative estimate of drug-likeness (QED) is 0.514. The molecule has 0 N–H and O–H groups in total. The highest BCUT2D eigenvalue weighted by Gasteiger charge is 2.00. The van der Waals surface area contributed by atoms with Crippen LogP contribution in [0.1, 0.15) is 5.69 Å². The molecule has 0 aliphatic carbocycles. The van der Waals surface area contributed by atoms with Crippen molar-refractivity contribution in [3.05, 3.63) is 48.5 Å². The molecular weight excluding hydrogens is 184 g/mol. The van der Waals surface area contributed by atoms with Gasteiger partial charge in [0.05, 0.1) is 0 Å². The summed E-state index contributed by atoms with van der Waals surface area (Å²) in [6.45, 7) is 2.01. The van der Waals surface area contributed by atoms with Gasteiger partial charge in [-0.2, -0.15) is 0 Å². The summed E-state index contributed by atoms with van der Waals surface area (Å²) in [5, 5.41) is 4.85. The van der Waals surface area contributed by atoms with E-state index < -0.39 is 0 Å². The van der Waals surface area contributed by atoms with Crippen LogP contribution in [0.5, 0.6) is 0 Å². The van der Waals surface area contributed by atoms with E-state index in [1.165, 1.54) is 21.5 Å². The van der Waals surface area contributed by atoms with E-state index in [0.29, 0.717) is 0 Å². The lowest BCUT2D eigenvalue weighted by atomic mass is 10.1. The zero-order chi connectivity index (χ0) is 10.3. The van der Waals surface area contributed by atoms with Crippen LogP contribution in [0.4, 0.5) is 0 Å². The molecule has 0 radical (unpaired) electrons. The lowest BCUT2D eigenvalue weighted by Gasteiger charge is -2.03. The molecule has 2 heteroatoms. The van der Waals surface area contributed by atoms with Crippen LogP contribution in [0.25, 0.3) is 21.5 Å². The maximum atomic E-state index is 4.30. The number of nitrogens with zero attached hydrogens (tertiary/aromatic N) is 2. The van der Waals surface area contributed by atoms with Crippen molar-refractivity contribution in [2.24, 2.45) is 0 Å². The molecule has 0 bridgehead atoms. The van der Waals surface area contributed by atoms with E-state index in [0.717, 1.165) is 5.69 Å². The Morgan fingerprint density at radius 2 is 1.73 bits per heavy atom. The topological polar surface area (TPSA) is 25.8 Å². The van der Waals surface area contributed by atoms with Crippen molar-refractivity contribution in [3.8, 4) is 0 Å². The van der Waals surface area contributed by atoms with Gasteiger partial charge >= 0.3 is 0 Å². The molecule has 0 fully saturated rings. The zero-order valence-corrected chi connectivity index (χ0v) is 8.44. The molecule has 2 nitrogen and oxygen atoms in total. The number of hydrogen-bond donors (Lipinski definition) is 0. The van der Waals surface area contributed by atoms with Gasteiger partial charge in [-0.05, 0) is 29.8 Å². The Morgan fingerprint density at radius 3 is 2.60 bits per heavy atom. The Morgan fingerprint density at radius 1 is 0.933 bits per heavy atom. The number of hydrogen-bond acceptors (Lipinski definition) is 2. The highest BCUT2D eigenvalue weighted by Crippen LogP contribution is 2.24. The molecule has 3 rings (SSSR count). The second kappa shape index (κ2) is 3.02. The van der Waals surface area contributed by atoms with E-state index in [-0.39, 0.29) is 0 Å². The fourth-order valence-electron chi connectivity index (χ4n) is 1.90. The van der Waals surface area contributed by atoms with Crippen LogP contribution in [-0.2, 0) is 0 Å². The summed E-state index contributed by atoms with van der Waals surface area (Å²) in [4.78, 5) is 8.42. The summed E-state index contributed by atoms with van der Waals surface area (Å²) >= 11 is 0. The molecule has 1 aromatic carbocycles. The van der Waals surface area contributed by atoms with Crippen molar-refractivity contribution in [1.29, 1.82) is 0 Å². The maximum Gasteiger partial charge on any atom is 0.0379 e. The lowest BCUT2D eigenvalue weighted by molar-refractivity contribution is 1.23. The molecule has 0 saturated heterocycles. The zero-order valence-electron chi connectivity index (χ0n) is 8.44. The fraction of sp³-hybridized carbons (Fsp3) is 0.0769. The Hall–Kier alpha value is -1.96. The van der Waals surface area contributed by atoms with Gasteiger partial charge in [0, 0.05) is 35.1 Å². The molecule has 0 unspecified atom stereocenters. The van der Waals surface area contributed by atoms with Crippen LogP contribution >= 0.6 is 0 Å². The molecule has 0 aliphatic heterocycles. The first-order valence-electron chi connectivity index (χ1n) is 4.94. The van der Waals surface area contributed by atoms with E-state index in [9.17, 15) is 0 Å². The van der Waals surface area contributed by atoms with Crippen LogP contribution < -0.4 is 0 Å². The SMILES string of the molecule is Cc1cc2c(ccc3cnccc32)cn1. The van der Waals surface area contributed by atoms with Gasteiger partial charge in [-0.3, -0.25) is 9.97 Å². The predicted octanol–water partition coefficient (Wildman–Crippen LogP) is 3.09. The lowest BCUT2D eigenvalue weighted by Crippen LogP contribution is -1.83. The van der Waals surface area contributed by atoms with Crippen molar-refractivity contribution < 1.29 is 0 Å². The largest absolute Gasteiger partial charge is 0.264 e. The minimum Gasteiger partial charge on any atom is -0.264 e. The molecule has 2 aromatic heterocycles. The van der Waals surface area contributed by atoms with E-state index in [1.54, 1.807) is 0 Å². The average Bonchev–Trinajstić information content (AvgIpc) is 2.29. The predicted molar refractivity (Wildman–Crippen MR) is 61.8 cm³/mol. The van der Waals surface area contributed by atoms with E-state index in [4.69, 9.17) is 0 Å². The normalized spacial score (nSPS) is 11.0. The molecule has 3 aromatic rings. The third-order valence-electron chi connectivity index (χ3n) is 2.66. The Bertz CT molecular complexity index is 644. The molecular formula is C13H10N2. The van der Waals surface area contributed by atoms with Crippen molar-refractivity contribution in [3.63, 3.8) is 0 Å². The third kappa shape index (κ3) is 1.26. The van der Waals surface area contributed by atoms with Crippen LogP contribution in [0.2, 0.25) is 0 Å². The summed E-state index contributed by atoms with van der Waals surface area (Å²) in [5.74, 6) is 0. The third-order valence-corrected chi connectivity index (χ3v) is 2.66. The monoisotopic (exact) mass is 194 g/mol. The summed E-state index contributed by atoms with van der Waals surface area (Å²) in [7, 11) is 0. The highest BCUT2D eigenvalue weighted by atomic mass is 14.7. The number of aryl methyl sites for hydroxylation is 1. The van der Waals surface area contributed by atoms with Crippen LogP contribution in [-0.4, -0.2) is 9.97 Å². The van der Waals surface area contributed by atoms with Gasteiger partial charge in [-0.25, -0.2) is 0 Å². The van der Waals surface area contributed by atoms with E-state index in [2.05, 4.69) is 34.2 Å². The Kier molecular flexibility index (Phi) is 1.68. The first-order chi connectivity index (χ1) is 7.34. The van der Waals surface area contributed by atoms with Gasteiger partial charge in [0.15, 0.2) is 0 Å². The highest BCUT2D eigenvalue weighted by molar-refractivity contribution is 6.06. The summed E-state index contributed by atoms with van der Waals surface area (Å²) < 4.78 is 0. The van der Waals surface area contributed by atoms with Crippen LogP contribution in [0.3, 0.4) is 0 Å². The minimum absolute atomic E-state index is 1.05. The van der Waals surface area contributed by atoms with Gasteiger partial charge in [-0.1, -0.05) is 12.1 Å². The number of rotatable bonds is 0. The second-order valence-corrected chi connectivity index (χ2v) is 3.71. The van der Waals surface area contributed by atoms with Gasteiger partial charge < -0.3 is 0 Å². The number of fused-ring (bicyclic) bond motifs is 3. The first-order valence-corrected chi connectivity index (χ1v) is 4.94. The summed E-state index contributed by atoms with van der Waals surface area (Å²) in [6, 6.07) is 8.35. The molecule has 0 saturated carbocycles. The van der Waals surface area contributed by atoms with Crippen molar-refractivity contribution in [2.75, 3.05) is 0 Å². The van der Waals surface area contributed by atoms with Crippen molar-refractivity contribution in [2.45, 2.75) is 6.92 Å². The average molecular weight is 194 g/mol. The Balaban J connectivity index is 2.57. The molecule has 2 heterocycles. The van der Waals surface area contributed by atoms with Gasteiger partial charge in [0.2, 0.25) is 0 Å². The minimum atomic E-state index is 1.05. The fourth-order valence-corrected chi connectivity index (χ4v) is 1.90. The molecule has 0 spiro atoms. The smallest absolute Gasteiger partial charge is 0.0379 e. The van der Waals surface area contributed by atoms with E-state index in [1.807, 2.05) is 25.5 Å². The van der Waals surface area contributed by atoms with Gasteiger partial charge in [0.25, 0.3) is 0 Å². The summed E-state index contributed by atoms with van der Waals surface area (Å²) in [5.41, 5.74) is 1.05. The number of benzene rings is 1. The van der Waals surface area contributed by atoms with Crippen molar-refractivity contribution >= 4 is 21.5 Å². The molecule has 72 valence electrons. The number of pyridine rings is 2. The molecule has 0 atom stereocenters. The van der Waals surface area contributed by atoms with Gasteiger partial charge in [0.1, 0.15) is 0 Å². The molecule has 15 heavy (non-hydrogen) atoms. The molecule has 0 amide bonds. The standard InChI is InChI=1S/C13H10N2/c1-9-6-13-11(8-15-9)3-2-10-7-14-5-4-12(10)13/h2-8H,1H3. The Labute approximate surface area is 87.6 Å². The second-order valence-electron chi connectivity index (χ2n) is 3.71. The maximum absolute atomic E-state index is 4.30. The van der Waals surface area contributed by atoms with E-state index >= 15 is 0 Å². The van der Waals surface area contributed by atoms with Crippen LogP contribution in [0.15, 0.2) is 42.9 Å². The number of aromatic nitrogens is 2. The first kappa shape index (κ1) is 8.36. The van der Waals surface area contributed by atoms with Crippen molar-refractivity contribution in [1.82, 2.24) is 9.97 Å². The van der Waals surface area contributed by atoms with Gasteiger partial charge in [-0.15, -0.1) is 0 Å². The molecule has 0 aliphatic rings. The van der Waals surface area contributed by atoms with Crippen LogP contribution in [0, 0.1) is 6.92 Å². The summed E-state index contributed by atoms with van der Waals surface area (Å²) in [6.07, 6.45) is 5.65.